The fourth-order valence-corrected chi connectivity index (χ4v) is 5.82. The van der Waals surface area contributed by atoms with E-state index in [1.807, 2.05) is 11.8 Å². The van der Waals surface area contributed by atoms with E-state index in [1.54, 1.807) is 0 Å². The summed E-state index contributed by atoms with van der Waals surface area (Å²) in [5.74, 6) is 0. The van der Waals surface area contributed by atoms with Gasteiger partial charge in [0.1, 0.15) is 0 Å². The van der Waals surface area contributed by atoms with Crippen molar-refractivity contribution in [3.05, 3.63) is 66.2 Å². The molecule has 1 heterocycles. The summed E-state index contributed by atoms with van der Waals surface area (Å²) in [4.78, 5) is 1.37. The van der Waals surface area contributed by atoms with Gasteiger partial charge in [-0.3, -0.25) is 0 Å². The van der Waals surface area contributed by atoms with Gasteiger partial charge in [-0.15, -0.1) is 11.8 Å². The summed E-state index contributed by atoms with van der Waals surface area (Å²) < 4.78 is 6.85. The van der Waals surface area contributed by atoms with Crippen LogP contribution in [0.1, 0.15) is 44.6 Å². The lowest BCUT2D eigenvalue weighted by Gasteiger charge is -2.32. The van der Waals surface area contributed by atoms with Gasteiger partial charge in [0.05, 0.1) is 11.2 Å². The molecule has 2 fully saturated rings. The fourth-order valence-electron chi connectivity index (χ4n) is 4.27. The Balaban J connectivity index is 1.65. The predicted octanol–water partition coefficient (Wildman–Crippen LogP) is 5.80. The van der Waals surface area contributed by atoms with Crippen LogP contribution in [0.5, 0.6) is 0 Å². The fraction of sp³-hybridized carbons (Fsp3) is 0.429. The first-order chi connectivity index (χ1) is 11.2. The van der Waals surface area contributed by atoms with Crippen LogP contribution in [0.3, 0.4) is 0 Å². The zero-order valence-corrected chi connectivity index (χ0v) is 14.5. The highest BCUT2D eigenvalue weighted by Crippen LogP contribution is 2.56. The average Bonchev–Trinajstić information content (AvgIpc) is 3.16. The second-order valence-electron chi connectivity index (χ2n) is 7.09. The molecule has 2 heteroatoms. The van der Waals surface area contributed by atoms with Crippen molar-refractivity contribution in [1.82, 2.24) is 0 Å². The third-order valence-electron chi connectivity index (χ3n) is 5.45. The SMILES string of the molecule is C[C@@]1(c2ccccc2)C[C@@H](Sc2ccccc2)C2(CCCC2)O1. The van der Waals surface area contributed by atoms with Crippen molar-refractivity contribution in [3.63, 3.8) is 0 Å². The first-order valence-electron chi connectivity index (χ1n) is 8.68. The van der Waals surface area contributed by atoms with Crippen molar-refractivity contribution in [1.29, 1.82) is 0 Å². The number of hydrogen-bond donors (Lipinski definition) is 0. The lowest BCUT2D eigenvalue weighted by Crippen LogP contribution is -2.35. The smallest absolute Gasteiger partial charge is 0.0923 e. The Morgan fingerprint density at radius 3 is 2.17 bits per heavy atom. The number of ether oxygens (including phenoxy) is 1. The summed E-state index contributed by atoms with van der Waals surface area (Å²) >= 11 is 2.02. The number of benzene rings is 2. The van der Waals surface area contributed by atoms with Crippen molar-refractivity contribution < 1.29 is 4.74 Å². The van der Waals surface area contributed by atoms with Gasteiger partial charge in [-0.05, 0) is 43.9 Å². The number of rotatable bonds is 3. The molecule has 0 aromatic heterocycles. The van der Waals surface area contributed by atoms with Gasteiger partial charge in [0, 0.05) is 10.1 Å². The topological polar surface area (TPSA) is 9.23 Å². The van der Waals surface area contributed by atoms with E-state index >= 15 is 0 Å². The third-order valence-corrected chi connectivity index (χ3v) is 6.87. The molecule has 23 heavy (non-hydrogen) atoms. The van der Waals surface area contributed by atoms with E-state index in [0.717, 1.165) is 6.42 Å². The van der Waals surface area contributed by atoms with Crippen LogP contribution in [-0.2, 0) is 10.3 Å². The van der Waals surface area contributed by atoms with E-state index in [1.165, 1.54) is 36.1 Å². The van der Waals surface area contributed by atoms with Crippen LogP contribution < -0.4 is 0 Å². The molecule has 2 aromatic rings. The van der Waals surface area contributed by atoms with Crippen molar-refractivity contribution in [2.75, 3.05) is 0 Å². The monoisotopic (exact) mass is 324 g/mol. The minimum Gasteiger partial charge on any atom is -0.363 e. The van der Waals surface area contributed by atoms with Gasteiger partial charge in [0.25, 0.3) is 0 Å². The summed E-state index contributed by atoms with van der Waals surface area (Å²) in [5.41, 5.74) is 1.23. The quantitative estimate of drug-likeness (QED) is 0.706. The van der Waals surface area contributed by atoms with Crippen LogP contribution in [0, 0.1) is 0 Å². The molecule has 1 aliphatic carbocycles. The standard InChI is InChI=1S/C21H24OS/c1-20(17-10-4-2-5-11-17)16-19(21(22-20)14-8-9-15-21)23-18-12-6-3-7-13-18/h2-7,10-13,19H,8-9,14-16H2,1H3/t19-,20+/m1/s1. The normalized spacial score (nSPS) is 29.2. The maximum atomic E-state index is 6.85. The molecule has 1 nitrogen and oxygen atoms in total. The minimum atomic E-state index is -0.155. The lowest BCUT2D eigenvalue weighted by molar-refractivity contribution is -0.0941. The summed E-state index contributed by atoms with van der Waals surface area (Å²) in [5, 5.41) is 0.539. The third kappa shape index (κ3) is 2.83. The maximum absolute atomic E-state index is 6.85. The van der Waals surface area contributed by atoms with Crippen molar-refractivity contribution >= 4 is 11.8 Å². The Bertz CT molecular complexity index is 648. The first kappa shape index (κ1) is 15.3. The van der Waals surface area contributed by atoms with E-state index in [9.17, 15) is 0 Å². The highest BCUT2D eigenvalue weighted by molar-refractivity contribution is 8.00. The molecule has 0 amide bonds. The molecule has 2 aliphatic rings. The molecule has 1 saturated heterocycles. The zero-order chi connectivity index (χ0) is 15.8. The first-order valence-corrected chi connectivity index (χ1v) is 9.56. The molecule has 2 aromatic carbocycles. The van der Waals surface area contributed by atoms with Gasteiger partial charge in [-0.2, -0.15) is 0 Å². The van der Waals surface area contributed by atoms with Crippen LogP contribution in [0.25, 0.3) is 0 Å². The van der Waals surface area contributed by atoms with Crippen LogP contribution in [0.15, 0.2) is 65.6 Å². The molecule has 1 saturated carbocycles. The molecule has 4 rings (SSSR count). The molecule has 1 aliphatic heterocycles. The largest absolute Gasteiger partial charge is 0.363 e. The molecule has 0 radical (unpaired) electrons. The summed E-state index contributed by atoms with van der Waals surface area (Å²) in [7, 11) is 0. The molecular weight excluding hydrogens is 300 g/mol. The average molecular weight is 324 g/mol. The van der Waals surface area contributed by atoms with Crippen LogP contribution in [0.2, 0.25) is 0 Å². The minimum absolute atomic E-state index is 0.0606. The maximum Gasteiger partial charge on any atom is 0.0923 e. The summed E-state index contributed by atoms with van der Waals surface area (Å²) in [6.07, 6.45) is 6.11. The Morgan fingerprint density at radius 2 is 1.52 bits per heavy atom. The van der Waals surface area contributed by atoms with E-state index in [4.69, 9.17) is 4.74 Å². The van der Waals surface area contributed by atoms with E-state index < -0.39 is 0 Å². The summed E-state index contributed by atoms with van der Waals surface area (Å²) in [6.45, 7) is 2.29. The van der Waals surface area contributed by atoms with Crippen LogP contribution in [0.4, 0.5) is 0 Å². The Hall–Kier alpha value is -1.25. The van der Waals surface area contributed by atoms with E-state index in [0.29, 0.717) is 5.25 Å². The van der Waals surface area contributed by atoms with E-state index in [2.05, 4.69) is 67.6 Å². The molecule has 120 valence electrons. The van der Waals surface area contributed by atoms with Gasteiger partial charge in [-0.1, -0.05) is 61.4 Å². The van der Waals surface area contributed by atoms with Crippen molar-refractivity contribution in [3.8, 4) is 0 Å². The molecule has 0 N–H and O–H groups in total. The highest BCUT2D eigenvalue weighted by atomic mass is 32.2. The lowest BCUT2D eigenvalue weighted by atomic mass is 9.90. The van der Waals surface area contributed by atoms with Crippen molar-refractivity contribution in [2.24, 2.45) is 0 Å². The van der Waals surface area contributed by atoms with Gasteiger partial charge >= 0.3 is 0 Å². The Morgan fingerprint density at radius 1 is 0.913 bits per heavy atom. The van der Waals surface area contributed by atoms with E-state index in [-0.39, 0.29) is 11.2 Å². The second-order valence-corrected chi connectivity index (χ2v) is 8.37. The van der Waals surface area contributed by atoms with Gasteiger partial charge in [-0.25, -0.2) is 0 Å². The molecule has 1 spiro atoms. The van der Waals surface area contributed by atoms with Crippen LogP contribution in [-0.4, -0.2) is 10.9 Å². The predicted molar refractivity (Wildman–Crippen MR) is 96.8 cm³/mol. The van der Waals surface area contributed by atoms with Gasteiger partial charge in [0.15, 0.2) is 0 Å². The Labute approximate surface area is 143 Å². The highest BCUT2D eigenvalue weighted by Gasteiger charge is 2.55. The molecular formula is C21H24OS. The van der Waals surface area contributed by atoms with Crippen LogP contribution >= 0.6 is 11.8 Å². The molecule has 0 bridgehead atoms. The second kappa shape index (κ2) is 5.99. The Kier molecular flexibility index (Phi) is 3.98. The molecule has 2 atom stereocenters. The zero-order valence-electron chi connectivity index (χ0n) is 13.7. The summed E-state index contributed by atoms with van der Waals surface area (Å²) in [6, 6.07) is 21.6. The molecule has 0 unspecified atom stereocenters. The number of thioether (sulfide) groups is 1. The van der Waals surface area contributed by atoms with Gasteiger partial charge < -0.3 is 4.74 Å². The van der Waals surface area contributed by atoms with Crippen molar-refractivity contribution in [2.45, 2.75) is 60.4 Å². The number of hydrogen-bond acceptors (Lipinski definition) is 2. The van der Waals surface area contributed by atoms with Gasteiger partial charge in [0.2, 0.25) is 0 Å².